The third-order valence-corrected chi connectivity index (χ3v) is 2.44. The largest absolute Gasteiger partial charge is 0.396 e. The Labute approximate surface area is 68.4 Å². The van der Waals surface area contributed by atoms with E-state index in [1.165, 1.54) is 5.57 Å². The van der Waals surface area contributed by atoms with Crippen molar-refractivity contribution in [2.24, 2.45) is 11.8 Å². The Morgan fingerprint density at radius 2 is 2.55 bits per heavy atom. The van der Waals surface area contributed by atoms with E-state index < -0.39 is 0 Å². The Morgan fingerprint density at radius 1 is 1.82 bits per heavy atom. The highest BCUT2D eigenvalue weighted by molar-refractivity contribution is 5.21. The summed E-state index contributed by atoms with van der Waals surface area (Å²) in [6.45, 7) is 6.27. The maximum Gasteiger partial charge on any atom is 0.0462 e. The number of allylic oxidation sites excluding steroid dienone is 3. The average Bonchev–Trinajstić information content (AvgIpc) is 2.04. The predicted octanol–water partition coefficient (Wildman–Crippen LogP) is 2.14. The van der Waals surface area contributed by atoms with Crippen LogP contribution in [0.4, 0.5) is 0 Å². The minimum absolute atomic E-state index is 0.325. The predicted molar refractivity (Wildman–Crippen MR) is 47.3 cm³/mol. The quantitative estimate of drug-likeness (QED) is 0.642. The van der Waals surface area contributed by atoms with Gasteiger partial charge in [-0.05, 0) is 30.3 Å². The molecular formula is C10H16O. The highest BCUT2D eigenvalue weighted by atomic mass is 16.3. The van der Waals surface area contributed by atoms with E-state index in [1.54, 1.807) is 0 Å². The summed E-state index contributed by atoms with van der Waals surface area (Å²) >= 11 is 0. The first-order valence-electron chi connectivity index (χ1n) is 4.21. The molecule has 1 N–H and O–H groups in total. The highest BCUT2D eigenvalue weighted by Crippen LogP contribution is 2.28. The van der Waals surface area contributed by atoms with Crippen molar-refractivity contribution < 1.29 is 5.11 Å². The van der Waals surface area contributed by atoms with Gasteiger partial charge in [0.05, 0.1) is 0 Å². The number of aliphatic hydroxyl groups excluding tert-OH is 1. The topological polar surface area (TPSA) is 20.2 Å². The molecule has 1 aliphatic rings. The molecule has 1 rings (SSSR count). The molecule has 0 radical (unpaired) electrons. The minimum atomic E-state index is 0.325. The van der Waals surface area contributed by atoms with E-state index in [0.29, 0.717) is 18.4 Å². The van der Waals surface area contributed by atoms with Gasteiger partial charge in [-0.2, -0.15) is 0 Å². The molecule has 0 fully saturated rings. The normalized spacial score (nSPS) is 31.3. The second-order valence-electron chi connectivity index (χ2n) is 3.33. The first-order chi connectivity index (χ1) is 5.27. The van der Waals surface area contributed by atoms with Gasteiger partial charge in [0.1, 0.15) is 0 Å². The van der Waals surface area contributed by atoms with Crippen LogP contribution in [0.2, 0.25) is 0 Å². The van der Waals surface area contributed by atoms with Crippen molar-refractivity contribution in [1.29, 1.82) is 0 Å². The van der Waals surface area contributed by atoms with Crippen LogP contribution in [0.5, 0.6) is 0 Å². The smallest absolute Gasteiger partial charge is 0.0462 e. The van der Waals surface area contributed by atoms with Gasteiger partial charge in [-0.25, -0.2) is 0 Å². The van der Waals surface area contributed by atoms with Crippen LogP contribution in [0.3, 0.4) is 0 Å². The standard InChI is InChI=1S/C10H16O/c1-3-10-5-4-9(7-11)6-8(10)2/h3,5,8-9,11H,1,4,6-7H2,2H3/t8-,9+/m0/s1. The van der Waals surface area contributed by atoms with E-state index >= 15 is 0 Å². The fourth-order valence-corrected chi connectivity index (χ4v) is 1.67. The van der Waals surface area contributed by atoms with E-state index in [0.717, 1.165) is 12.8 Å². The Hall–Kier alpha value is -0.560. The lowest BCUT2D eigenvalue weighted by atomic mass is 9.82. The second kappa shape index (κ2) is 3.72. The van der Waals surface area contributed by atoms with Crippen LogP contribution in [-0.4, -0.2) is 11.7 Å². The summed E-state index contributed by atoms with van der Waals surface area (Å²) < 4.78 is 0. The number of hydrogen-bond acceptors (Lipinski definition) is 1. The Balaban J connectivity index is 2.59. The minimum Gasteiger partial charge on any atom is -0.396 e. The second-order valence-corrected chi connectivity index (χ2v) is 3.33. The number of aliphatic hydroxyl groups is 1. The summed E-state index contributed by atoms with van der Waals surface area (Å²) in [5.74, 6) is 1.06. The van der Waals surface area contributed by atoms with Gasteiger partial charge in [0, 0.05) is 6.61 Å². The van der Waals surface area contributed by atoms with E-state index in [9.17, 15) is 0 Å². The molecule has 0 unspecified atom stereocenters. The van der Waals surface area contributed by atoms with Gasteiger partial charge in [-0.1, -0.05) is 25.7 Å². The molecule has 0 heterocycles. The maximum atomic E-state index is 8.91. The lowest BCUT2D eigenvalue weighted by Gasteiger charge is -2.24. The van der Waals surface area contributed by atoms with Crippen molar-refractivity contribution in [3.05, 3.63) is 24.3 Å². The van der Waals surface area contributed by atoms with Gasteiger partial charge in [0.15, 0.2) is 0 Å². The molecule has 0 amide bonds. The Kier molecular flexibility index (Phi) is 2.89. The first-order valence-corrected chi connectivity index (χ1v) is 4.21. The van der Waals surface area contributed by atoms with E-state index in [1.807, 2.05) is 6.08 Å². The zero-order valence-electron chi connectivity index (χ0n) is 7.09. The summed E-state index contributed by atoms with van der Waals surface area (Å²) in [5, 5.41) is 8.91. The molecule has 0 aliphatic heterocycles. The molecule has 0 bridgehead atoms. The molecule has 2 atom stereocenters. The number of rotatable bonds is 2. The molecule has 0 aromatic rings. The van der Waals surface area contributed by atoms with Gasteiger partial charge in [-0.15, -0.1) is 0 Å². The molecule has 1 aliphatic carbocycles. The van der Waals surface area contributed by atoms with Crippen LogP contribution in [-0.2, 0) is 0 Å². The molecule has 0 saturated heterocycles. The van der Waals surface area contributed by atoms with E-state index in [-0.39, 0.29) is 0 Å². The molecule has 0 aromatic heterocycles. The van der Waals surface area contributed by atoms with Gasteiger partial charge < -0.3 is 5.11 Å². The SMILES string of the molecule is C=CC1=CC[C@@H](CO)C[C@@H]1C. The third-order valence-electron chi connectivity index (χ3n) is 2.44. The molecule has 0 saturated carbocycles. The van der Waals surface area contributed by atoms with Crippen LogP contribution < -0.4 is 0 Å². The monoisotopic (exact) mass is 152 g/mol. The van der Waals surface area contributed by atoms with Crippen molar-refractivity contribution in [3.8, 4) is 0 Å². The molecule has 0 aromatic carbocycles. The van der Waals surface area contributed by atoms with Gasteiger partial charge in [0.25, 0.3) is 0 Å². The van der Waals surface area contributed by atoms with Crippen LogP contribution in [0.1, 0.15) is 19.8 Å². The Bertz CT molecular complexity index is 170. The van der Waals surface area contributed by atoms with Crippen LogP contribution in [0, 0.1) is 11.8 Å². The van der Waals surface area contributed by atoms with Gasteiger partial charge in [-0.3, -0.25) is 0 Å². The van der Waals surface area contributed by atoms with Gasteiger partial charge >= 0.3 is 0 Å². The molecule has 11 heavy (non-hydrogen) atoms. The van der Waals surface area contributed by atoms with Crippen molar-refractivity contribution in [3.63, 3.8) is 0 Å². The summed E-state index contributed by atoms with van der Waals surface area (Å²) in [6.07, 6.45) is 6.25. The van der Waals surface area contributed by atoms with Crippen LogP contribution >= 0.6 is 0 Å². The third kappa shape index (κ3) is 1.93. The fourth-order valence-electron chi connectivity index (χ4n) is 1.67. The molecular weight excluding hydrogens is 136 g/mol. The van der Waals surface area contributed by atoms with Crippen LogP contribution in [0.25, 0.3) is 0 Å². The lowest BCUT2D eigenvalue weighted by molar-refractivity contribution is 0.204. The summed E-state index contributed by atoms with van der Waals surface area (Å²) in [7, 11) is 0. The molecule has 1 nitrogen and oxygen atoms in total. The first kappa shape index (κ1) is 8.54. The zero-order chi connectivity index (χ0) is 8.27. The van der Waals surface area contributed by atoms with E-state index in [4.69, 9.17) is 5.11 Å². The van der Waals surface area contributed by atoms with Crippen molar-refractivity contribution in [2.75, 3.05) is 6.61 Å². The Morgan fingerprint density at radius 3 is 3.00 bits per heavy atom. The maximum absolute atomic E-state index is 8.91. The summed E-state index contributed by atoms with van der Waals surface area (Å²) in [6, 6.07) is 0. The highest BCUT2D eigenvalue weighted by Gasteiger charge is 2.17. The average molecular weight is 152 g/mol. The van der Waals surface area contributed by atoms with Gasteiger partial charge in [0.2, 0.25) is 0 Å². The number of hydrogen-bond donors (Lipinski definition) is 1. The van der Waals surface area contributed by atoms with Crippen molar-refractivity contribution in [2.45, 2.75) is 19.8 Å². The zero-order valence-corrected chi connectivity index (χ0v) is 7.09. The molecule has 0 spiro atoms. The molecule has 62 valence electrons. The summed E-state index contributed by atoms with van der Waals surface area (Å²) in [4.78, 5) is 0. The van der Waals surface area contributed by atoms with E-state index in [2.05, 4.69) is 19.6 Å². The van der Waals surface area contributed by atoms with Crippen molar-refractivity contribution >= 4 is 0 Å². The van der Waals surface area contributed by atoms with Crippen LogP contribution in [0.15, 0.2) is 24.3 Å². The fraction of sp³-hybridized carbons (Fsp3) is 0.600. The summed E-state index contributed by atoms with van der Waals surface area (Å²) in [5.41, 5.74) is 1.34. The lowest BCUT2D eigenvalue weighted by Crippen LogP contribution is -2.15. The molecule has 1 heteroatoms. The van der Waals surface area contributed by atoms with Crippen molar-refractivity contribution in [1.82, 2.24) is 0 Å².